The molecule has 17 heavy (non-hydrogen) atoms. The minimum absolute atomic E-state index is 0.114. The van der Waals surface area contributed by atoms with Gasteiger partial charge in [-0.1, -0.05) is 25.7 Å². The van der Waals surface area contributed by atoms with Gasteiger partial charge in [0.15, 0.2) is 0 Å². The molecule has 1 aromatic carbocycles. The van der Waals surface area contributed by atoms with Crippen LogP contribution in [0.25, 0.3) is 0 Å². The van der Waals surface area contributed by atoms with E-state index >= 15 is 0 Å². The lowest BCUT2D eigenvalue weighted by Gasteiger charge is -2.17. The van der Waals surface area contributed by atoms with Crippen LogP contribution >= 0.6 is 0 Å². The molecule has 3 heteroatoms. The summed E-state index contributed by atoms with van der Waals surface area (Å²) in [4.78, 5) is 0. The van der Waals surface area contributed by atoms with Gasteiger partial charge >= 0.3 is 0 Å². The maximum absolute atomic E-state index is 13.2. The molecule has 90 valence electrons. The van der Waals surface area contributed by atoms with E-state index in [0.717, 1.165) is 5.69 Å². The van der Waals surface area contributed by atoms with E-state index in [1.807, 2.05) is 6.07 Å². The average molecular weight is 232 g/mol. The van der Waals surface area contributed by atoms with Gasteiger partial charge in [0.25, 0.3) is 0 Å². The van der Waals surface area contributed by atoms with Gasteiger partial charge < -0.3 is 5.32 Å². The molecular weight excluding hydrogens is 215 g/mol. The van der Waals surface area contributed by atoms with Crippen molar-refractivity contribution < 1.29 is 4.39 Å². The first kappa shape index (κ1) is 11.9. The van der Waals surface area contributed by atoms with Crippen molar-refractivity contribution in [3.63, 3.8) is 0 Å². The van der Waals surface area contributed by atoms with Crippen molar-refractivity contribution in [2.45, 2.75) is 44.6 Å². The van der Waals surface area contributed by atoms with Crippen LogP contribution in [-0.4, -0.2) is 6.04 Å². The van der Waals surface area contributed by atoms with Crippen molar-refractivity contribution in [3.8, 4) is 6.07 Å². The van der Waals surface area contributed by atoms with E-state index in [2.05, 4.69) is 5.32 Å². The third-order valence-corrected chi connectivity index (χ3v) is 3.31. The van der Waals surface area contributed by atoms with Crippen LogP contribution < -0.4 is 5.32 Å². The lowest BCUT2D eigenvalue weighted by Crippen LogP contribution is -2.18. The molecular formula is C14H17FN2. The summed E-state index contributed by atoms with van der Waals surface area (Å²) in [6, 6.07) is 7.00. The molecule has 0 heterocycles. The zero-order chi connectivity index (χ0) is 12.1. The van der Waals surface area contributed by atoms with Crippen LogP contribution in [0.15, 0.2) is 18.2 Å². The molecule has 0 saturated heterocycles. The molecule has 0 radical (unpaired) electrons. The van der Waals surface area contributed by atoms with Crippen molar-refractivity contribution in [2.24, 2.45) is 0 Å². The number of rotatable bonds is 2. The van der Waals surface area contributed by atoms with Crippen LogP contribution in [0.4, 0.5) is 10.1 Å². The Morgan fingerprint density at radius 3 is 2.53 bits per heavy atom. The van der Waals surface area contributed by atoms with Crippen molar-refractivity contribution in [1.29, 1.82) is 5.26 Å². The van der Waals surface area contributed by atoms with Gasteiger partial charge in [-0.25, -0.2) is 4.39 Å². The van der Waals surface area contributed by atoms with Gasteiger partial charge in [-0.3, -0.25) is 0 Å². The smallest absolute Gasteiger partial charge is 0.141 e. The second-order valence-corrected chi connectivity index (χ2v) is 4.64. The summed E-state index contributed by atoms with van der Waals surface area (Å²) in [6.07, 6.45) is 7.46. The monoisotopic (exact) mass is 232 g/mol. The minimum Gasteiger partial charge on any atom is -0.382 e. The van der Waals surface area contributed by atoms with Crippen molar-refractivity contribution in [1.82, 2.24) is 0 Å². The molecule has 1 N–H and O–H groups in total. The number of nitrogens with one attached hydrogen (secondary N) is 1. The van der Waals surface area contributed by atoms with Crippen LogP contribution in [0, 0.1) is 17.1 Å². The van der Waals surface area contributed by atoms with Gasteiger partial charge in [-0.15, -0.1) is 0 Å². The molecule has 1 fully saturated rings. The summed E-state index contributed by atoms with van der Waals surface area (Å²) in [5.74, 6) is -0.445. The molecule has 0 aliphatic heterocycles. The highest BCUT2D eigenvalue weighted by atomic mass is 19.1. The second-order valence-electron chi connectivity index (χ2n) is 4.64. The predicted octanol–water partition coefficient (Wildman–Crippen LogP) is 3.83. The molecule has 0 aromatic heterocycles. The number of nitrogens with zero attached hydrogens (tertiary/aromatic N) is 1. The van der Waals surface area contributed by atoms with Crippen LogP contribution in [0.1, 0.15) is 44.1 Å². The standard InChI is InChI=1S/C14H17FN2/c15-14-8-7-13(9-11(14)10-16)17-12-5-3-1-2-4-6-12/h7-9,12,17H,1-6H2. The highest BCUT2D eigenvalue weighted by Crippen LogP contribution is 2.22. The lowest BCUT2D eigenvalue weighted by atomic mass is 10.1. The van der Waals surface area contributed by atoms with Gasteiger partial charge in [0, 0.05) is 11.7 Å². The molecule has 2 rings (SSSR count). The van der Waals surface area contributed by atoms with Gasteiger partial charge in [-0.05, 0) is 31.0 Å². The number of hydrogen-bond donors (Lipinski definition) is 1. The van der Waals surface area contributed by atoms with E-state index in [1.165, 1.54) is 44.6 Å². The fourth-order valence-corrected chi connectivity index (χ4v) is 2.36. The highest BCUT2D eigenvalue weighted by molar-refractivity contribution is 5.50. The van der Waals surface area contributed by atoms with Crippen molar-refractivity contribution in [3.05, 3.63) is 29.6 Å². The molecule has 1 aromatic rings. The topological polar surface area (TPSA) is 35.8 Å². The SMILES string of the molecule is N#Cc1cc(NC2CCCCCC2)ccc1F. The fraction of sp³-hybridized carbons (Fsp3) is 0.500. The van der Waals surface area contributed by atoms with Crippen molar-refractivity contribution in [2.75, 3.05) is 5.32 Å². The lowest BCUT2D eigenvalue weighted by molar-refractivity contribution is 0.615. The third-order valence-electron chi connectivity index (χ3n) is 3.31. The molecule has 1 aliphatic carbocycles. The number of halogens is 1. The zero-order valence-electron chi connectivity index (χ0n) is 9.88. The Kier molecular flexibility index (Phi) is 3.98. The van der Waals surface area contributed by atoms with Gasteiger partial charge in [0.2, 0.25) is 0 Å². The molecule has 0 spiro atoms. The molecule has 0 unspecified atom stereocenters. The maximum atomic E-state index is 13.2. The molecule has 2 nitrogen and oxygen atoms in total. The van der Waals surface area contributed by atoms with E-state index < -0.39 is 5.82 Å². The summed E-state index contributed by atoms with van der Waals surface area (Å²) in [6.45, 7) is 0. The van der Waals surface area contributed by atoms with E-state index in [9.17, 15) is 4.39 Å². The van der Waals surface area contributed by atoms with Crippen molar-refractivity contribution >= 4 is 5.69 Å². The summed E-state index contributed by atoms with van der Waals surface area (Å²) >= 11 is 0. The minimum atomic E-state index is -0.445. The Morgan fingerprint density at radius 1 is 1.18 bits per heavy atom. The Morgan fingerprint density at radius 2 is 1.88 bits per heavy atom. The number of anilines is 1. The summed E-state index contributed by atoms with van der Waals surface area (Å²) in [5, 5.41) is 12.2. The number of hydrogen-bond acceptors (Lipinski definition) is 2. The van der Waals surface area contributed by atoms with E-state index in [-0.39, 0.29) is 5.56 Å². The fourth-order valence-electron chi connectivity index (χ4n) is 2.36. The number of benzene rings is 1. The van der Waals surface area contributed by atoms with Gasteiger partial charge in [-0.2, -0.15) is 5.26 Å². The summed E-state index contributed by atoms with van der Waals surface area (Å²) in [7, 11) is 0. The van der Waals surface area contributed by atoms with E-state index in [1.54, 1.807) is 12.1 Å². The molecule has 0 atom stereocenters. The zero-order valence-corrected chi connectivity index (χ0v) is 9.88. The predicted molar refractivity (Wildman–Crippen MR) is 66.2 cm³/mol. The first-order chi connectivity index (χ1) is 8.29. The maximum Gasteiger partial charge on any atom is 0.141 e. The van der Waals surface area contributed by atoms with Gasteiger partial charge in [0.1, 0.15) is 11.9 Å². The third kappa shape index (κ3) is 3.20. The molecule has 1 saturated carbocycles. The Hall–Kier alpha value is -1.56. The highest BCUT2D eigenvalue weighted by Gasteiger charge is 2.12. The first-order valence-electron chi connectivity index (χ1n) is 6.26. The summed E-state index contributed by atoms with van der Waals surface area (Å²) < 4.78 is 13.2. The Bertz CT molecular complexity index is 415. The summed E-state index contributed by atoms with van der Waals surface area (Å²) in [5.41, 5.74) is 0.971. The first-order valence-corrected chi connectivity index (χ1v) is 6.26. The molecule has 0 bridgehead atoms. The van der Waals surface area contributed by atoms with Crippen LogP contribution in [-0.2, 0) is 0 Å². The number of nitriles is 1. The Balaban J connectivity index is 2.05. The van der Waals surface area contributed by atoms with E-state index in [4.69, 9.17) is 5.26 Å². The average Bonchev–Trinajstić information content (AvgIpc) is 2.60. The Labute approximate surface area is 101 Å². The largest absolute Gasteiger partial charge is 0.382 e. The van der Waals surface area contributed by atoms with Gasteiger partial charge in [0.05, 0.1) is 5.56 Å². The van der Waals surface area contributed by atoms with Crippen LogP contribution in [0.2, 0.25) is 0 Å². The molecule has 1 aliphatic rings. The van der Waals surface area contributed by atoms with Crippen LogP contribution in [0.5, 0.6) is 0 Å². The van der Waals surface area contributed by atoms with E-state index in [0.29, 0.717) is 6.04 Å². The quantitative estimate of drug-likeness (QED) is 0.786. The normalized spacial score (nSPS) is 17.2. The molecule has 0 amide bonds. The second kappa shape index (κ2) is 5.67. The van der Waals surface area contributed by atoms with Crippen LogP contribution in [0.3, 0.4) is 0 Å².